The SMILES string of the molecule is Cc1cc(C)cc(C23CC4CC(C2)CC(c2cc(C)cc(C)c2)(C4)C3)c1. The molecule has 2 aromatic carbocycles. The van der Waals surface area contributed by atoms with E-state index in [4.69, 9.17) is 0 Å². The highest BCUT2D eigenvalue weighted by Crippen LogP contribution is 2.66. The lowest BCUT2D eigenvalue weighted by Crippen LogP contribution is -2.56. The lowest BCUT2D eigenvalue weighted by molar-refractivity contribution is -0.0282. The molecule has 0 N–H and O–H groups in total. The van der Waals surface area contributed by atoms with Crippen molar-refractivity contribution in [1.29, 1.82) is 0 Å². The van der Waals surface area contributed by atoms with Crippen molar-refractivity contribution in [3.05, 3.63) is 69.8 Å². The largest absolute Gasteiger partial charge is 0.0564 e. The summed E-state index contributed by atoms with van der Waals surface area (Å²) in [5.41, 5.74) is 9.92. The normalized spacial score (nSPS) is 35.1. The van der Waals surface area contributed by atoms with Crippen molar-refractivity contribution >= 4 is 0 Å². The van der Waals surface area contributed by atoms with Gasteiger partial charge in [-0.2, -0.15) is 0 Å². The first kappa shape index (κ1) is 16.6. The summed E-state index contributed by atoms with van der Waals surface area (Å²) in [6.07, 6.45) is 8.58. The summed E-state index contributed by atoms with van der Waals surface area (Å²) in [6, 6.07) is 14.7. The second-order valence-corrected chi connectivity index (χ2v) is 10.3. The van der Waals surface area contributed by atoms with Crippen molar-refractivity contribution in [1.82, 2.24) is 0 Å². The molecule has 0 radical (unpaired) electrons. The Morgan fingerprint density at radius 3 is 1.27 bits per heavy atom. The van der Waals surface area contributed by atoms with E-state index in [1.54, 1.807) is 11.1 Å². The van der Waals surface area contributed by atoms with Crippen LogP contribution in [-0.4, -0.2) is 0 Å². The van der Waals surface area contributed by atoms with E-state index in [0.29, 0.717) is 10.8 Å². The van der Waals surface area contributed by atoms with Gasteiger partial charge in [-0.15, -0.1) is 0 Å². The molecule has 0 atom stereocenters. The van der Waals surface area contributed by atoms with Gasteiger partial charge in [0.2, 0.25) is 0 Å². The Kier molecular flexibility index (Phi) is 3.49. The number of rotatable bonds is 2. The fraction of sp³-hybridized carbons (Fsp3) is 0.538. The first-order valence-corrected chi connectivity index (χ1v) is 10.5. The predicted molar refractivity (Wildman–Crippen MR) is 110 cm³/mol. The first-order valence-electron chi connectivity index (χ1n) is 10.5. The molecule has 136 valence electrons. The predicted octanol–water partition coefficient (Wildman–Crippen LogP) is 6.71. The van der Waals surface area contributed by atoms with E-state index in [2.05, 4.69) is 64.1 Å². The van der Waals surface area contributed by atoms with Crippen LogP contribution in [-0.2, 0) is 10.8 Å². The Hall–Kier alpha value is -1.56. The van der Waals surface area contributed by atoms with Gasteiger partial charge in [0.05, 0.1) is 0 Å². The molecule has 0 nitrogen and oxygen atoms in total. The lowest BCUT2D eigenvalue weighted by atomic mass is 9.41. The van der Waals surface area contributed by atoms with Gasteiger partial charge in [-0.25, -0.2) is 0 Å². The molecule has 4 bridgehead atoms. The van der Waals surface area contributed by atoms with Gasteiger partial charge >= 0.3 is 0 Å². The van der Waals surface area contributed by atoms with E-state index < -0.39 is 0 Å². The van der Waals surface area contributed by atoms with Crippen LogP contribution in [0, 0.1) is 39.5 Å². The summed E-state index contributed by atoms with van der Waals surface area (Å²) >= 11 is 0. The van der Waals surface area contributed by atoms with E-state index in [0.717, 1.165) is 11.8 Å². The molecular weight excluding hydrogens is 312 g/mol. The quantitative estimate of drug-likeness (QED) is 0.568. The third-order valence-electron chi connectivity index (χ3n) is 7.73. The smallest absolute Gasteiger partial charge is 0.00330 e. The average molecular weight is 345 g/mol. The molecule has 4 aliphatic rings. The monoisotopic (exact) mass is 344 g/mol. The second-order valence-electron chi connectivity index (χ2n) is 10.3. The zero-order valence-electron chi connectivity index (χ0n) is 16.9. The maximum Gasteiger partial charge on any atom is -0.00330 e. The first-order chi connectivity index (χ1) is 12.4. The van der Waals surface area contributed by atoms with Crippen LogP contribution in [0.4, 0.5) is 0 Å². The molecule has 4 saturated carbocycles. The van der Waals surface area contributed by atoms with E-state index >= 15 is 0 Å². The van der Waals surface area contributed by atoms with Gasteiger partial charge in [0.1, 0.15) is 0 Å². The van der Waals surface area contributed by atoms with Crippen LogP contribution in [0.3, 0.4) is 0 Å². The average Bonchev–Trinajstić information content (AvgIpc) is 2.52. The van der Waals surface area contributed by atoms with Crippen molar-refractivity contribution in [2.75, 3.05) is 0 Å². The molecule has 0 saturated heterocycles. The molecule has 2 aromatic rings. The lowest BCUT2D eigenvalue weighted by Gasteiger charge is -2.63. The number of aryl methyl sites for hydroxylation is 4. The third-order valence-corrected chi connectivity index (χ3v) is 7.73. The summed E-state index contributed by atoms with van der Waals surface area (Å²) in [6.45, 7) is 9.10. The van der Waals surface area contributed by atoms with Gasteiger partial charge in [0.25, 0.3) is 0 Å². The molecule has 0 heterocycles. The number of hydrogen-bond donors (Lipinski definition) is 0. The highest BCUT2D eigenvalue weighted by atomic mass is 14.6. The highest BCUT2D eigenvalue weighted by Gasteiger charge is 2.58. The van der Waals surface area contributed by atoms with Crippen LogP contribution >= 0.6 is 0 Å². The van der Waals surface area contributed by atoms with E-state index in [-0.39, 0.29) is 0 Å². The van der Waals surface area contributed by atoms with E-state index in [1.807, 2.05) is 0 Å². The van der Waals surface area contributed by atoms with E-state index in [1.165, 1.54) is 60.8 Å². The fourth-order valence-corrected chi connectivity index (χ4v) is 7.50. The molecule has 4 fully saturated rings. The van der Waals surface area contributed by atoms with Gasteiger partial charge in [-0.3, -0.25) is 0 Å². The van der Waals surface area contributed by atoms with Gasteiger partial charge in [-0.1, -0.05) is 58.7 Å². The van der Waals surface area contributed by atoms with Crippen molar-refractivity contribution in [2.45, 2.75) is 77.0 Å². The van der Waals surface area contributed by atoms with E-state index in [9.17, 15) is 0 Å². The molecule has 0 amide bonds. The van der Waals surface area contributed by atoms with Gasteiger partial charge < -0.3 is 0 Å². The Balaban J connectivity index is 1.64. The van der Waals surface area contributed by atoms with Crippen molar-refractivity contribution < 1.29 is 0 Å². The molecule has 0 unspecified atom stereocenters. The fourth-order valence-electron chi connectivity index (χ4n) is 7.50. The van der Waals surface area contributed by atoms with Crippen molar-refractivity contribution in [3.63, 3.8) is 0 Å². The molecule has 6 rings (SSSR count). The Morgan fingerprint density at radius 2 is 0.923 bits per heavy atom. The molecule has 0 heteroatoms. The second kappa shape index (κ2) is 5.47. The van der Waals surface area contributed by atoms with Gasteiger partial charge in [0.15, 0.2) is 0 Å². The standard InChI is InChI=1S/C26H32/c1-17-5-18(2)8-23(7-17)25-12-21-11-22(13-25)15-26(14-21,16-25)24-9-19(3)6-20(4)10-24/h5-10,21-22H,11-16H2,1-4H3. The zero-order valence-corrected chi connectivity index (χ0v) is 16.9. The molecule has 0 aliphatic heterocycles. The minimum Gasteiger partial charge on any atom is -0.0564 e. The maximum absolute atomic E-state index is 2.51. The third kappa shape index (κ3) is 2.48. The van der Waals surface area contributed by atoms with Crippen LogP contribution in [0.5, 0.6) is 0 Å². The van der Waals surface area contributed by atoms with Crippen LogP contribution in [0.2, 0.25) is 0 Å². The Labute approximate surface area is 159 Å². The summed E-state index contributed by atoms with van der Waals surface area (Å²) in [4.78, 5) is 0. The van der Waals surface area contributed by atoms with Gasteiger partial charge in [0, 0.05) is 0 Å². The van der Waals surface area contributed by atoms with Gasteiger partial charge in [-0.05, 0) is 100 Å². The van der Waals surface area contributed by atoms with Crippen molar-refractivity contribution in [2.24, 2.45) is 11.8 Å². The summed E-state index contributed by atoms with van der Waals surface area (Å²) in [5, 5.41) is 0. The summed E-state index contributed by atoms with van der Waals surface area (Å²) < 4.78 is 0. The van der Waals surface area contributed by atoms with Crippen LogP contribution in [0.25, 0.3) is 0 Å². The molecule has 0 aromatic heterocycles. The number of benzene rings is 2. The minimum atomic E-state index is 0.429. The zero-order chi connectivity index (χ0) is 18.1. The van der Waals surface area contributed by atoms with Crippen LogP contribution in [0.15, 0.2) is 36.4 Å². The summed E-state index contributed by atoms with van der Waals surface area (Å²) in [5.74, 6) is 1.86. The number of hydrogen-bond acceptors (Lipinski definition) is 0. The Morgan fingerprint density at radius 1 is 0.577 bits per heavy atom. The Bertz CT molecular complexity index is 748. The molecule has 0 spiro atoms. The van der Waals surface area contributed by atoms with Crippen LogP contribution < -0.4 is 0 Å². The molecule has 4 aliphatic carbocycles. The molecular formula is C26H32. The minimum absolute atomic E-state index is 0.429. The highest BCUT2D eigenvalue weighted by molar-refractivity contribution is 5.42. The topological polar surface area (TPSA) is 0 Å². The van der Waals surface area contributed by atoms with Crippen LogP contribution in [0.1, 0.15) is 71.9 Å². The maximum atomic E-state index is 2.51. The summed E-state index contributed by atoms with van der Waals surface area (Å²) in [7, 11) is 0. The molecule has 26 heavy (non-hydrogen) atoms. The van der Waals surface area contributed by atoms with Crippen molar-refractivity contribution in [3.8, 4) is 0 Å².